The molecule has 216 valence electrons. The monoisotopic (exact) mass is 580 g/mol. The first-order valence-electron chi connectivity index (χ1n) is 15.7. The highest BCUT2D eigenvalue weighted by atomic mass is 16.3. The van der Waals surface area contributed by atoms with Crippen LogP contribution >= 0.6 is 0 Å². The van der Waals surface area contributed by atoms with Crippen LogP contribution in [0.3, 0.4) is 0 Å². The fraction of sp³-hybridized carbons (Fsp3) is 0.143. The van der Waals surface area contributed by atoms with Crippen molar-refractivity contribution in [3.63, 3.8) is 0 Å². The fourth-order valence-electron chi connectivity index (χ4n) is 7.50. The van der Waals surface area contributed by atoms with Gasteiger partial charge in [0.2, 0.25) is 0 Å². The minimum absolute atomic E-state index is 0.0429. The summed E-state index contributed by atoms with van der Waals surface area (Å²) in [5.41, 5.74) is 12.6. The average molecular weight is 581 g/mol. The summed E-state index contributed by atoms with van der Waals surface area (Å²) in [4.78, 5) is 10.5. The molecule has 8 aromatic rings. The van der Waals surface area contributed by atoms with Gasteiger partial charge in [-0.3, -0.25) is 0 Å². The van der Waals surface area contributed by atoms with Crippen molar-refractivity contribution >= 4 is 43.7 Å². The van der Waals surface area contributed by atoms with Gasteiger partial charge in [-0.25, -0.2) is 9.97 Å². The molecule has 0 aliphatic heterocycles. The molecule has 0 saturated heterocycles. The van der Waals surface area contributed by atoms with Crippen LogP contribution in [-0.4, -0.2) is 9.97 Å². The Kier molecular flexibility index (Phi) is 5.30. The van der Waals surface area contributed by atoms with E-state index in [1.165, 1.54) is 22.3 Å². The molecular formula is C42H32N2O. The van der Waals surface area contributed by atoms with Crippen LogP contribution in [0.1, 0.15) is 38.8 Å². The van der Waals surface area contributed by atoms with Crippen molar-refractivity contribution in [2.24, 2.45) is 0 Å². The lowest BCUT2D eigenvalue weighted by atomic mass is 9.55. The summed E-state index contributed by atoms with van der Waals surface area (Å²) in [5.74, 6) is 0. The molecule has 2 aromatic heterocycles. The van der Waals surface area contributed by atoms with Gasteiger partial charge < -0.3 is 4.42 Å². The number of benzene rings is 6. The summed E-state index contributed by atoms with van der Waals surface area (Å²) < 4.78 is 6.82. The minimum Gasteiger partial charge on any atom is -0.455 e. The van der Waals surface area contributed by atoms with E-state index in [-0.39, 0.29) is 10.8 Å². The molecule has 0 bridgehead atoms. The van der Waals surface area contributed by atoms with Gasteiger partial charge >= 0.3 is 0 Å². The number of hydrogen-bond donors (Lipinski definition) is 0. The van der Waals surface area contributed by atoms with Gasteiger partial charge in [-0.2, -0.15) is 0 Å². The summed E-state index contributed by atoms with van der Waals surface area (Å²) in [6, 6.07) is 42.9. The Morgan fingerprint density at radius 1 is 0.467 bits per heavy atom. The zero-order chi connectivity index (χ0) is 30.5. The summed E-state index contributed by atoms with van der Waals surface area (Å²) in [7, 11) is 0. The second-order valence-corrected chi connectivity index (χ2v) is 13.4. The third kappa shape index (κ3) is 3.58. The lowest BCUT2D eigenvalue weighted by molar-refractivity contribution is 0.299. The Labute approximate surface area is 262 Å². The molecule has 9 rings (SSSR count). The maximum Gasteiger partial charge on any atom is 0.143 e. The summed E-state index contributed by atoms with van der Waals surface area (Å²) in [5, 5.41) is 4.39. The number of para-hydroxylation sites is 2. The molecule has 0 unspecified atom stereocenters. The van der Waals surface area contributed by atoms with Crippen molar-refractivity contribution in [2.75, 3.05) is 0 Å². The van der Waals surface area contributed by atoms with Gasteiger partial charge in [0.1, 0.15) is 11.2 Å². The van der Waals surface area contributed by atoms with E-state index < -0.39 is 0 Å². The van der Waals surface area contributed by atoms with Crippen LogP contribution in [0, 0.1) is 0 Å². The Morgan fingerprint density at radius 3 is 1.84 bits per heavy atom. The van der Waals surface area contributed by atoms with E-state index in [0.29, 0.717) is 0 Å². The first-order valence-corrected chi connectivity index (χ1v) is 15.7. The Balaban J connectivity index is 1.40. The van der Waals surface area contributed by atoms with Gasteiger partial charge in [-0.05, 0) is 68.8 Å². The van der Waals surface area contributed by atoms with Gasteiger partial charge in [0.15, 0.2) is 0 Å². The van der Waals surface area contributed by atoms with Crippen LogP contribution in [0.4, 0.5) is 0 Å². The zero-order valence-corrected chi connectivity index (χ0v) is 25.8. The highest BCUT2D eigenvalue weighted by Crippen LogP contribution is 2.55. The predicted octanol–water partition coefficient (Wildman–Crippen LogP) is 11.3. The topological polar surface area (TPSA) is 38.9 Å². The second-order valence-electron chi connectivity index (χ2n) is 13.4. The van der Waals surface area contributed by atoms with E-state index in [1.54, 1.807) is 0 Å². The molecule has 0 saturated carbocycles. The van der Waals surface area contributed by atoms with Crippen LogP contribution in [-0.2, 0) is 10.8 Å². The van der Waals surface area contributed by atoms with Crippen LogP contribution in [0.5, 0.6) is 0 Å². The first kappa shape index (κ1) is 26.2. The first-order chi connectivity index (χ1) is 21.8. The molecule has 2 heterocycles. The van der Waals surface area contributed by atoms with E-state index >= 15 is 0 Å². The number of fused-ring (bicyclic) bond motifs is 9. The van der Waals surface area contributed by atoms with Crippen molar-refractivity contribution in [3.05, 3.63) is 132 Å². The predicted molar refractivity (Wildman–Crippen MR) is 187 cm³/mol. The second kappa shape index (κ2) is 9.12. The Bertz CT molecular complexity index is 2480. The number of furan rings is 1. The highest BCUT2D eigenvalue weighted by molar-refractivity contribution is 6.20. The fourth-order valence-corrected chi connectivity index (χ4v) is 7.50. The molecule has 3 heteroatoms. The molecule has 0 N–H and O–H groups in total. The standard InChI is InChI=1S/C42H32N2O/c1-41(2)33-19-11-10-17-27(33)29-22-30-32-23-31(26-16-8-9-18-28(26)40(32)45-37(30)24-34(29)42(41,3)4)39-38(25-14-6-5-7-15-25)43-35-20-12-13-21-36(35)44-39/h5-24H,1-4H3. The third-order valence-corrected chi connectivity index (χ3v) is 10.6. The normalized spacial score (nSPS) is 15.0. The van der Waals surface area contributed by atoms with Crippen LogP contribution < -0.4 is 0 Å². The molecule has 0 amide bonds. The SMILES string of the molecule is CC1(C)c2ccccc2-c2cc3c(cc2C1(C)C)oc1c2ccccc2c(-c2nc4ccccc4nc2-c2ccccc2)cc31. The lowest BCUT2D eigenvalue weighted by Gasteiger charge is -2.48. The lowest BCUT2D eigenvalue weighted by Crippen LogP contribution is -2.43. The molecule has 3 nitrogen and oxygen atoms in total. The Morgan fingerprint density at radius 2 is 1.07 bits per heavy atom. The van der Waals surface area contributed by atoms with Crippen LogP contribution in [0.2, 0.25) is 0 Å². The van der Waals surface area contributed by atoms with Crippen molar-refractivity contribution in [1.29, 1.82) is 0 Å². The van der Waals surface area contributed by atoms with E-state index in [1.807, 2.05) is 30.3 Å². The van der Waals surface area contributed by atoms with Gasteiger partial charge in [-0.1, -0.05) is 119 Å². The van der Waals surface area contributed by atoms with Crippen molar-refractivity contribution < 1.29 is 4.42 Å². The maximum atomic E-state index is 6.82. The van der Waals surface area contributed by atoms with Gasteiger partial charge in [-0.15, -0.1) is 0 Å². The molecule has 0 fully saturated rings. The minimum atomic E-state index is -0.0949. The average Bonchev–Trinajstić information content (AvgIpc) is 3.44. The largest absolute Gasteiger partial charge is 0.455 e. The van der Waals surface area contributed by atoms with Crippen molar-refractivity contribution in [1.82, 2.24) is 9.97 Å². The van der Waals surface area contributed by atoms with Crippen molar-refractivity contribution in [2.45, 2.75) is 38.5 Å². The molecule has 1 aliphatic carbocycles. The number of nitrogens with zero attached hydrogens (tertiary/aromatic N) is 2. The van der Waals surface area contributed by atoms with E-state index in [4.69, 9.17) is 14.4 Å². The smallest absolute Gasteiger partial charge is 0.143 e. The van der Waals surface area contributed by atoms with Crippen molar-refractivity contribution in [3.8, 4) is 33.6 Å². The number of aromatic nitrogens is 2. The number of hydrogen-bond acceptors (Lipinski definition) is 3. The van der Waals surface area contributed by atoms with Crippen LogP contribution in [0.15, 0.2) is 126 Å². The van der Waals surface area contributed by atoms with E-state index in [2.05, 4.69) is 119 Å². The van der Waals surface area contributed by atoms with E-state index in [0.717, 1.165) is 66.3 Å². The molecule has 0 atom stereocenters. The molecule has 45 heavy (non-hydrogen) atoms. The number of rotatable bonds is 2. The van der Waals surface area contributed by atoms with Crippen LogP contribution in [0.25, 0.3) is 77.4 Å². The summed E-state index contributed by atoms with van der Waals surface area (Å²) in [6.45, 7) is 9.47. The third-order valence-electron chi connectivity index (χ3n) is 10.6. The quantitative estimate of drug-likeness (QED) is 0.204. The van der Waals surface area contributed by atoms with Gasteiger partial charge in [0.25, 0.3) is 0 Å². The molecule has 0 spiro atoms. The molecule has 1 aliphatic rings. The highest BCUT2D eigenvalue weighted by Gasteiger charge is 2.46. The summed E-state index contributed by atoms with van der Waals surface area (Å²) in [6.07, 6.45) is 0. The molecule has 0 radical (unpaired) electrons. The maximum absolute atomic E-state index is 6.82. The molecular weight excluding hydrogens is 548 g/mol. The molecule has 6 aromatic carbocycles. The summed E-state index contributed by atoms with van der Waals surface area (Å²) >= 11 is 0. The van der Waals surface area contributed by atoms with E-state index in [9.17, 15) is 0 Å². The van der Waals surface area contributed by atoms with Gasteiger partial charge in [0, 0.05) is 27.3 Å². The zero-order valence-electron chi connectivity index (χ0n) is 25.8. The van der Waals surface area contributed by atoms with Gasteiger partial charge in [0.05, 0.1) is 22.4 Å². The Hall–Kier alpha value is -5.28.